The molecule has 0 aliphatic heterocycles. The van der Waals surface area contributed by atoms with Crippen molar-refractivity contribution >= 4 is 11.3 Å². The summed E-state index contributed by atoms with van der Waals surface area (Å²) in [6.45, 7) is 3.81. The van der Waals surface area contributed by atoms with Crippen LogP contribution in [-0.2, 0) is 0 Å². The van der Waals surface area contributed by atoms with Gasteiger partial charge in [0.2, 0.25) is 0 Å². The fourth-order valence-corrected chi connectivity index (χ4v) is 1.30. The topological polar surface area (TPSA) is 20.2 Å². The average molecular weight is 128 g/mol. The van der Waals surface area contributed by atoms with Crippen molar-refractivity contribution in [3.8, 4) is 5.75 Å². The number of hydrogen-bond donors (Lipinski definition) is 1. The third-order valence-corrected chi connectivity index (χ3v) is 2.14. The van der Waals surface area contributed by atoms with E-state index in [1.165, 1.54) is 0 Å². The van der Waals surface area contributed by atoms with Gasteiger partial charge in [-0.2, -0.15) is 0 Å². The molecule has 1 rings (SSSR count). The third kappa shape index (κ3) is 0.713. The van der Waals surface area contributed by atoms with Crippen LogP contribution >= 0.6 is 11.3 Å². The zero-order valence-electron chi connectivity index (χ0n) is 4.93. The molecule has 1 aromatic rings. The van der Waals surface area contributed by atoms with Crippen LogP contribution in [0.15, 0.2) is 5.38 Å². The molecule has 0 aliphatic rings. The standard InChI is InChI=1S/C6H8OS/c1-4-3-8-5(2)6(4)7/h3,7H,1-2H3. The van der Waals surface area contributed by atoms with Gasteiger partial charge < -0.3 is 5.11 Å². The van der Waals surface area contributed by atoms with Crippen LogP contribution in [0.3, 0.4) is 0 Å². The highest BCUT2D eigenvalue weighted by atomic mass is 32.1. The molecule has 8 heavy (non-hydrogen) atoms. The van der Waals surface area contributed by atoms with Gasteiger partial charge in [0.25, 0.3) is 0 Å². The molecule has 0 bridgehead atoms. The summed E-state index contributed by atoms with van der Waals surface area (Å²) in [5, 5.41) is 11.0. The molecule has 0 unspecified atom stereocenters. The summed E-state index contributed by atoms with van der Waals surface area (Å²) in [7, 11) is 0. The molecule has 0 aliphatic carbocycles. The molecule has 0 radical (unpaired) electrons. The van der Waals surface area contributed by atoms with Crippen molar-refractivity contribution < 1.29 is 5.11 Å². The first-order chi connectivity index (χ1) is 3.72. The molecule has 44 valence electrons. The molecular formula is C6H8OS. The fourth-order valence-electron chi connectivity index (χ4n) is 0.566. The minimum atomic E-state index is 0.454. The Labute approximate surface area is 52.6 Å². The van der Waals surface area contributed by atoms with Gasteiger partial charge in [-0.15, -0.1) is 11.3 Å². The first-order valence-electron chi connectivity index (χ1n) is 2.45. The minimum Gasteiger partial charge on any atom is -0.507 e. The summed E-state index contributed by atoms with van der Waals surface area (Å²) in [6, 6.07) is 0. The van der Waals surface area contributed by atoms with E-state index in [0.717, 1.165) is 10.4 Å². The largest absolute Gasteiger partial charge is 0.507 e. The van der Waals surface area contributed by atoms with Crippen LogP contribution in [-0.4, -0.2) is 5.11 Å². The van der Waals surface area contributed by atoms with Crippen LogP contribution in [0.25, 0.3) is 0 Å². The van der Waals surface area contributed by atoms with Crippen molar-refractivity contribution in [3.63, 3.8) is 0 Å². The van der Waals surface area contributed by atoms with E-state index in [-0.39, 0.29) is 0 Å². The van der Waals surface area contributed by atoms with Gasteiger partial charge in [-0.25, -0.2) is 0 Å². The maximum absolute atomic E-state index is 9.06. The van der Waals surface area contributed by atoms with Gasteiger partial charge in [0.15, 0.2) is 0 Å². The van der Waals surface area contributed by atoms with E-state index < -0.39 is 0 Å². The monoisotopic (exact) mass is 128 g/mol. The third-order valence-electron chi connectivity index (χ3n) is 1.12. The lowest BCUT2D eigenvalue weighted by Gasteiger charge is -1.85. The summed E-state index contributed by atoms with van der Waals surface area (Å²) >= 11 is 1.58. The number of hydrogen-bond acceptors (Lipinski definition) is 2. The van der Waals surface area contributed by atoms with Crippen LogP contribution in [0.4, 0.5) is 0 Å². The Kier molecular flexibility index (Phi) is 1.26. The van der Waals surface area contributed by atoms with Gasteiger partial charge in [0.05, 0.1) is 0 Å². The Bertz CT molecular complexity index is 171. The minimum absolute atomic E-state index is 0.454. The summed E-state index contributed by atoms with van der Waals surface area (Å²) in [6.07, 6.45) is 0. The van der Waals surface area contributed by atoms with Crippen LogP contribution in [0.1, 0.15) is 10.4 Å². The van der Waals surface area contributed by atoms with Crippen molar-refractivity contribution in [2.45, 2.75) is 13.8 Å². The second kappa shape index (κ2) is 1.78. The molecule has 0 atom stereocenters. The van der Waals surface area contributed by atoms with Gasteiger partial charge in [-0.1, -0.05) is 0 Å². The lowest BCUT2D eigenvalue weighted by molar-refractivity contribution is 0.470. The molecule has 0 spiro atoms. The summed E-state index contributed by atoms with van der Waals surface area (Å²) in [4.78, 5) is 1.00. The predicted molar refractivity (Wildman–Crippen MR) is 35.5 cm³/mol. The van der Waals surface area contributed by atoms with E-state index in [1.54, 1.807) is 11.3 Å². The number of aryl methyl sites for hydroxylation is 2. The molecule has 0 aromatic carbocycles. The van der Waals surface area contributed by atoms with Crippen LogP contribution < -0.4 is 0 Å². The highest BCUT2D eigenvalue weighted by Crippen LogP contribution is 2.26. The second-order valence-corrected chi connectivity index (χ2v) is 2.91. The fraction of sp³-hybridized carbons (Fsp3) is 0.333. The second-order valence-electron chi connectivity index (χ2n) is 1.82. The quantitative estimate of drug-likeness (QED) is 0.567. The van der Waals surface area contributed by atoms with Gasteiger partial charge in [0, 0.05) is 10.4 Å². The zero-order chi connectivity index (χ0) is 6.15. The van der Waals surface area contributed by atoms with Crippen LogP contribution in [0.2, 0.25) is 0 Å². The Morgan fingerprint density at radius 3 is 2.25 bits per heavy atom. The Balaban J connectivity index is 3.19. The Morgan fingerprint density at radius 2 is 2.12 bits per heavy atom. The highest BCUT2D eigenvalue weighted by Gasteiger charge is 1.98. The van der Waals surface area contributed by atoms with E-state index >= 15 is 0 Å². The lowest BCUT2D eigenvalue weighted by Crippen LogP contribution is -1.63. The van der Waals surface area contributed by atoms with Crippen molar-refractivity contribution in [1.29, 1.82) is 0 Å². The molecular weight excluding hydrogens is 120 g/mol. The molecule has 0 saturated carbocycles. The summed E-state index contributed by atoms with van der Waals surface area (Å²) < 4.78 is 0. The van der Waals surface area contributed by atoms with Crippen LogP contribution in [0.5, 0.6) is 5.75 Å². The summed E-state index contributed by atoms with van der Waals surface area (Å²) in [5.74, 6) is 0.454. The first kappa shape index (κ1) is 5.63. The normalized spacial score (nSPS) is 9.75. The van der Waals surface area contributed by atoms with E-state index in [9.17, 15) is 0 Å². The van der Waals surface area contributed by atoms with Gasteiger partial charge in [-0.05, 0) is 19.2 Å². The molecule has 0 amide bonds. The Morgan fingerprint density at radius 1 is 1.50 bits per heavy atom. The number of aromatic hydroxyl groups is 1. The van der Waals surface area contributed by atoms with Gasteiger partial charge in [0.1, 0.15) is 5.75 Å². The maximum atomic E-state index is 9.06. The zero-order valence-corrected chi connectivity index (χ0v) is 5.75. The van der Waals surface area contributed by atoms with Crippen molar-refractivity contribution in [2.75, 3.05) is 0 Å². The van der Waals surface area contributed by atoms with Crippen molar-refractivity contribution in [3.05, 3.63) is 15.8 Å². The highest BCUT2D eigenvalue weighted by molar-refractivity contribution is 7.10. The average Bonchev–Trinajstić information content (AvgIpc) is 1.98. The predicted octanol–water partition coefficient (Wildman–Crippen LogP) is 2.07. The molecule has 1 heterocycles. The Hall–Kier alpha value is -0.500. The maximum Gasteiger partial charge on any atom is 0.132 e. The first-order valence-corrected chi connectivity index (χ1v) is 3.33. The van der Waals surface area contributed by atoms with E-state index in [2.05, 4.69) is 0 Å². The van der Waals surface area contributed by atoms with Gasteiger partial charge >= 0.3 is 0 Å². The van der Waals surface area contributed by atoms with E-state index in [0.29, 0.717) is 5.75 Å². The van der Waals surface area contributed by atoms with E-state index in [4.69, 9.17) is 5.11 Å². The molecule has 0 saturated heterocycles. The number of thiophene rings is 1. The van der Waals surface area contributed by atoms with E-state index in [1.807, 2.05) is 19.2 Å². The lowest BCUT2D eigenvalue weighted by atomic mass is 10.3. The van der Waals surface area contributed by atoms with Crippen LogP contribution in [0, 0.1) is 13.8 Å². The van der Waals surface area contributed by atoms with Gasteiger partial charge in [-0.3, -0.25) is 0 Å². The van der Waals surface area contributed by atoms with Crippen molar-refractivity contribution in [1.82, 2.24) is 0 Å². The SMILES string of the molecule is Cc1csc(C)c1O. The smallest absolute Gasteiger partial charge is 0.132 e. The van der Waals surface area contributed by atoms with Crippen molar-refractivity contribution in [2.24, 2.45) is 0 Å². The molecule has 1 aromatic heterocycles. The molecule has 2 heteroatoms. The number of rotatable bonds is 0. The molecule has 1 N–H and O–H groups in total. The molecule has 1 nitrogen and oxygen atoms in total. The summed E-state index contributed by atoms with van der Waals surface area (Å²) in [5.41, 5.74) is 0.979. The molecule has 0 fully saturated rings.